The molecule has 1 fully saturated rings. The van der Waals surface area contributed by atoms with Gasteiger partial charge >= 0.3 is 0 Å². The summed E-state index contributed by atoms with van der Waals surface area (Å²) in [6.07, 6.45) is 2.30. The highest BCUT2D eigenvalue weighted by molar-refractivity contribution is 6.06. The highest BCUT2D eigenvalue weighted by Crippen LogP contribution is 2.32. The van der Waals surface area contributed by atoms with E-state index in [0.717, 1.165) is 12.2 Å². The van der Waals surface area contributed by atoms with Gasteiger partial charge in [-0.3, -0.25) is 24.5 Å². The van der Waals surface area contributed by atoms with E-state index in [-0.39, 0.29) is 37.1 Å². The molecule has 0 aliphatic carbocycles. The van der Waals surface area contributed by atoms with Crippen LogP contribution in [0.4, 0.5) is 5.69 Å². The summed E-state index contributed by atoms with van der Waals surface area (Å²) in [6, 6.07) is 12.4. The maximum atomic E-state index is 12.9. The van der Waals surface area contributed by atoms with E-state index in [1.807, 2.05) is 24.3 Å². The predicted octanol–water partition coefficient (Wildman–Crippen LogP) is 2.81. The van der Waals surface area contributed by atoms with Crippen molar-refractivity contribution in [3.8, 4) is 5.75 Å². The van der Waals surface area contributed by atoms with Crippen LogP contribution in [0.3, 0.4) is 0 Å². The van der Waals surface area contributed by atoms with Gasteiger partial charge in [-0.2, -0.15) is 0 Å². The second kappa shape index (κ2) is 9.85. The molecule has 8 nitrogen and oxygen atoms in total. The molecule has 2 N–H and O–H groups in total. The number of nitrogens with zero attached hydrogens (tertiary/aromatic N) is 1. The molecule has 2 aliphatic heterocycles. The number of piperidine rings is 1. The minimum atomic E-state index is -0.685. The number of ether oxygens (including phenoxy) is 1. The molecule has 33 heavy (non-hydrogen) atoms. The molecule has 0 spiro atoms. The zero-order chi connectivity index (χ0) is 23.4. The summed E-state index contributed by atoms with van der Waals surface area (Å²) in [5, 5.41) is 5.18. The molecule has 8 heteroatoms. The van der Waals surface area contributed by atoms with Crippen LogP contribution in [0.5, 0.6) is 5.75 Å². The van der Waals surface area contributed by atoms with Crippen molar-refractivity contribution in [1.82, 2.24) is 10.2 Å². The molecule has 4 rings (SSSR count). The Hall–Kier alpha value is -3.68. The molecule has 2 aromatic carbocycles. The van der Waals surface area contributed by atoms with Crippen molar-refractivity contribution in [3.63, 3.8) is 0 Å². The Balaban J connectivity index is 1.32. The lowest BCUT2D eigenvalue weighted by Gasteiger charge is -2.29. The van der Waals surface area contributed by atoms with Crippen LogP contribution < -0.4 is 15.4 Å². The molecule has 1 unspecified atom stereocenters. The number of imide groups is 1. The molecule has 0 bridgehead atoms. The van der Waals surface area contributed by atoms with Crippen LogP contribution >= 0.6 is 0 Å². The van der Waals surface area contributed by atoms with Crippen molar-refractivity contribution in [2.45, 2.75) is 51.6 Å². The smallest absolute Gasteiger partial charge is 0.255 e. The van der Waals surface area contributed by atoms with Gasteiger partial charge in [0.2, 0.25) is 17.7 Å². The fourth-order valence-corrected chi connectivity index (χ4v) is 4.16. The minimum Gasteiger partial charge on any atom is -0.494 e. The van der Waals surface area contributed by atoms with Gasteiger partial charge in [-0.15, -0.1) is 0 Å². The molecule has 1 saturated heterocycles. The van der Waals surface area contributed by atoms with Crippen LogP contribution in [0.15, 0.2) is 42.5 Å². The van der Waals surface area contributed by atoms with Gasteiger partial charge in [-0.1, -0.05) is 25.1 Å². The van der Waals surface area contributed by atoms with E-state index >= 15 is 0 Å². The van der Waals surface area contributed by atoms with Crippen LogP contribution in [0.1, 0.15) is 54.1 Å². The van der Waals surface area contributed by atoms with Gasteiger partial charge < -0.3 is 15.0 Å². The average Bonchev–Trinajstić information content (AvgIpc) is 3.14. The second-order valence-corrected chi connectivity index (χ2v) is 8.23. The summed E-state index contributed by atoms with van der Waals surface area (Å²) in [6.45, 7) is 2.74. The molecule has 0 saturated carbocycles. The summed E-state index contributed by atoms with van der Waals surface area (Å²) in [5.74, 6) is -0.434. The van der Waals surface area contributed by atoms with Crippen LogP contribution in [0, 0.1) is 0 Å². The van der Waals surface area contributed by atoms with Crippen molar-refractivity contribution in [3.05, 3.63) is 59.2 Å². The molecule has 1 atom stereocenters. The quantitative estimate of drug-likeness (QED) is 0.476. The van der Waals surface area contributed by atoms with Crippen molar-refractivity contribution in [2.24, 2.45) is 0 Å². The van der Waals surface area contributed by atoms with Crippen LogP contribution in [-0.2, 0) is 27.3 Å². The fourth-order valence-electron chi connectivity index (χ4n) is 4.16. The van der Waals surface area contributed by atoms with E-state index in [0.29, 0.717) is 36.3 Å². The minimum absolute atomic E-state index is 0.166. The van der Waals surface area contributed by atoms with Gasteiger partial charge in [0, 0.05) is 36.2 Å². The van der Waals surface area contributed by atoms with E-state index in [1.54, 1.807) is 18.2 Å². The van der Waals surface area contributed by atoms with E-state index < -0.39 is 11.9 Å². The van der Waals surface area contributed by atoms with Gasteiger partial charge in [-0.25, -0.2) is 0 Å². The molecular formula is C25H27N3O5. The van der Waals surface area contributed by atoms with Crippen molar-refractivity contribution in [1.29, 1.82) is 0 Å². The summed E-state index contributed by atoms with van der Waals surface area (Å²) < 4.78 is 5.70. The fraction of sp³-hybridized carbons (Fsp3) is 0.360. The van der Waals surface area contributed by atoms with Crippen molar-refractivity contribution < 1.29 is 23.9 Å². The van der Waals surface area contributed by atoms with Gasteiger partial charge in [0.15, 0.2) is 0 Å². The van der Waals surface area contributed by atoms with Gasteiger partial charge in [0.05, 0.1) is 6.61 Å². The molecule has 2 aliphatic rings. The highest BCUT2D eigenvalue weighted by Gasteiger charge is 2.39. The van der Waals surface area contributed by atoms with Crippen LogP contribution in [0.25, 0.3) is 0 Å². The van der Waals surface area contributed by atoms with E-state index in [4.69, 9.17) is 4.74 Å². The molecule has 2 aromatic rings. The standard InChI is InChI=1S/C25H27N3O5/c1-2-16-8-10-17(11-9-16)33-14-4-7-22(29)26-20-6-3-5-18-19(20)15-28(25(18)32)21-12-13-23(30)27-24(21)31/h3,5-6,8-11,21H,2,4,7,12-15H2,1H3,(H,26,29)(H,27,30,31). The molecular weight excluding hydrogens is 422 g/mol. The molecule has 0 aromatic heterocycles. The molecule has 4 amide bonds. The van der Waals surface area contributed by atoms with Crippen molar-refractivity contribution in [2.75, 3.05) is 11.9 Å². The third-order valence-corrected chi connectivity index (χ3v) is 6.00. The van der Waals surface area contributed by atoms with Gasteiger partial charge in [-0.05, 0) is 49.1 Å². The number of hydrogen-bond donors (Lipinski definition) is 2. The van der Waals surface area contributed by atoms with Crippen LogP contribution in [-0.4, -0.2) is 41.2 Å². The largest absolute Gasteiger partial charge is 0.494 e. The van der Waals surface area contributed by atoms with Crippen LogP contribution in [0.2, 0.25) is 0 Å². The predicted molar refractivity (Wildman–Crippen MR) is 122 cm³/mol. The number of benzene rings is 2. The lowest BCUT2D eigenvalue weighted by molar-refractivity contribution is -0.137. The lowest BCUT2D eigenvalue weighted by Crippen LogP contribution is -2.52. The lowest BCUT2D eigenvalue weighted by atomic mass is 10.0. The summed E-state index contributed by atoms with van der Waals surface area (Å²) in [5.41, 5.74) is 2.97. The zero-order valence-electron chi connectivity index (χ0n) is 18.6. The summed E-state index contributed by atoms with van der Waals surface area (Å²) in [7, 11) is 0. The SMILES string of the molecule is CCc1ccc(OCCCC(=O)Nc2cccc3c2CN(C2CCC(=O)NC2=O)C3=O)cc1. The molecule has 172 valence electrons. The van der Waals surface area contributed by atoms with Gasteiger partial charge in [0.25, 0.3) is 5.91 Å². The Morgan fingerprint density at radius 1 is 1.15 bits per heavy atom. The number of carbonyl (C=O) groups is 4. The van der Waals surface area contributed by atoms with E-state index in [9.17, 15) is 19.2 Å². The Morgan fingerprint density at radius 2 is 1.94 bits per heavy atom. The maximum absolute atomic E-state index is 12.9. The number of anilines is 1. The Bertz CT molecular complexity index is 1080. The molecule has 0 radical (unpaired) electrons. The average molecular weight is 450 g/mol. The Kier molecular flexibility index (Phi) is 6.72. The first-order valence-corrected chi connectivity index (χ1v) is 11.2. The van der Waals surface area contributed by atoms with Gasteiger partial charge in [0.1, 0.15) is 11.8 Å². The number of rotatable bonds is 8. The summed E-state index contributed by atoms with van der Waals surface area (Å²) in [4.78, 5) is 50.5. The first-order chi connectivity index (χ1) is 16.0. The number of aryl methyl sites for hydroxylation is 1. The first kappa shape index (κ1) is 22.5. The number of hydrogen-bond acceptors (Lipinski definition) is 5. The first-order valence-electron chi connectivity index (χ1n) is 11.2. The summed E-state index contributed by atoms with van der Waals surface area (Å²) >= 11 is 0. The number of nitrogens with one attached hydrogen (secondary N) is 2. The number of carbonyl (C=O) groups excluding carboxylic acids is 4. The third kappa shape index (κ3) is 5.05. The Labute approximate surface area is 192 Å². The van der Waals surface area contributed by atoms with E-state index in [2.05, 4.69) is 17.6 Å². The van der Waals surface area contributed by atoms with Crippen molar-refractivity contribution >= 4 is 29.3 Å². The maximum Gasteiger partial charge on any atom is 0.255 e. The topological polar surface area (TPSA) is 105 Å². The molecule has 2 heterocycles. The second-order valence-electron chi connectivity index (χ2n) is 8.23. The number of fused-ring (bicyclic) bond motifs is 1. The zero-order valence-corrected chi connectivity index (χ0v) is 18.6. The third-order valence-electron chi connectivity index (χ3n) is 6.00. The number of amides is 4. The monoisotopic (exact) mass is 449 g/mol. The normalized spacial score (nSPS) is 17.5. The highest BCUT2D eigenvalue weighted by atomic mass is 16.5. The Morgan fingerprint density at radius 3 is 2.67 bits per heavy atom. The van der Waals surface area contributed by atoms with E-state index in [1.165, 1.54) is 10.5 Å².